The number of hydrogen-bond donors (Lipinski definition) is 3. The first-order valence-electron chi connectivity index (χ1n) is 8.32. The number of pyridine rings is 1. The predicted octanol–water partition coefficient (Wildman–Crippen LogP) is 2.59. The number of aromatic nitrogens is 3. The van der Waals surface area contributed by atoms with Gasteiger partial charge in [-0.15, -0.1) is 0 Å². The van der Waals surface area contributed by atoms with Crippen molar-refractivity contribution in [1.29, 1.82) is 0 Å². The van der Waals surface area contributed by atoms with Gasteiger partial charge in [-0.05, 0) is 24.6 Å². The summed E-state index contributed by atoms with van der Waals surface area (Å²) in [6.45, 7) is 0. The molecule has 1 amide bonds. The normalized spacial score (nSPS) is 11.5. The van der Waals surface area contributed by atoms with Crippen molar-refractivity contribution in [3.05, 3.63) is 68.6 Å². The van der Waals surface area contributed by atoms with Gasteiger partial charge in [0.25, 0.3) is 11.1 Å². The van der Waals surface area contributed by atoms with Crippen molar-refractivity contribution < 1.29 is 18.0 Å². The monoisotopic (exact) mass is 392 g/mol. The summed E-state index contributed by atoms with van der Waals surface area (Å²) in [4.78, 5) is 44.4. The molecule has 0 saturated heterocycles. The highest BCUT2D eigenvalue weighted by molar-refractivity contribution is 5.90. The van der Waals surface area contributed by atoms with Crippen LogP contribution in [0.5, 0.6) is 0 Å². The lowest BCUT2D eigenvalue weighted by atomic mass is 10.2. The summed E-state index contributed by atoms with van der Waals surface area (Å²) in [6, 6.07) is 7.39. The molecule has 3 N–H and O–H groups in total. The number of aryl methyl sites for hydroxylation is 1. The molecule has 2 heterocycles. The average molecular weight is 392 g/mol. The van der Waals surface area contributed by atoms with Crippen LogP contribution in [0.1, 0.15) is 24.2 Å². The van der Waals surface area contributed by atoms with Gasteiger partial charge in [0, 0.05) is 19.0 Å². The second kappa shape index (κ2) is 7.67. The lowest BCUT2D eigenvalue weighted by Gasteiger charge is -2.09. The van der Waals surface area contributed by atoms with E-state index in [1.54, 1.807) is 24.3 Å². The molecule has 2 aromatic heterocycles. The number of fused-ring (bicyclic) bond motifs is 1. The van der Waals surface area contributed by atoms with E-state index in [4.69, 9.17) is 0 Å². The van der Waals surface area contributed by atoms with Crippen LogP contribution in [-0.4, -0.2) is 20.9 Å². The number of rotatable bonds is 5. The molecule has 7 nitrogen and oxygen atoms in total. The van der Waals surface area contributed by atoms with Gasteiger partial charge >= 0.3 is 6.18 Å². The van der Waals surface area contributed by atoms with E-state index in [0.717, 1.165) is 0 Å². The van der Waals surface area contributed by atoms with Gasteiger partial charge in [-0.25, -0.2) is 4.98 Å². The number of halogens is 3. The van der Waals surface area contributed by atoms with E-state index in [-0.39, 0.29) is 24.8 Å². The average Bonchev–Trinajstić information content (AvgIpc) is 2.63. The Kier molecular flexibility index (Phi) is 5.30. The molecule has 0 spiro atoms. The van der Waals surface area contributed by atoms with Crippen LogP contribution >= 0.6 is 0 Å². The number of anilines is 1. The highest BCUT2D eigenvalue weighted by atomic mass is 19.4. The Balaban J connectivity index is 1.63. The molecule has 0 unspecified atom stereocenters. The highest BCUT2D eigenvalue weighted by Crippen LogP contribution is 2.29. The summed E-state index contributed by atoms with van der Waals surface area (Å²) in [6.07, 6.45) is -3.60. The summed E-state index contributed by atoms with van der Waals surface area (Å²) in [5, 5.41) is 2.63. The molecule has 10 heteroatoms. The summed E-state index contributed by atoms with van der Waals surface area (Å²) in [7, 11) is 0. The molecule has 3 rings (SSSR count). The van der Waals surface area contributed by atoms with Crippen molar-refractivity contribution in [2.75, 3.05) is 5.32 Å². The van der Waals surface area contributed by atoms with Crippen LogP contribution in [0.4, 0.5) is 18.9 Å². The van der Waals surface area contributed by atoms with E-state index >= 15 is 0 Å². The van der Waals surface area contributed by atoms with Crippen LogP contribution < -0.4 is 16.4 Å². The molecule has 0 radical (unpaired) electrons. The quantitative estimate of drug-likeness (QED) is 0.620. The van der Waals surface area contributed by atoms with Gasteiger partial charge in [0.15, 0.2) is 0 Å². The number of para-hydroxylation sites is 1. The number of amides is 1. The van der Waals surface area contributed by atoms with Crippen LogP contribution in [0, 0.1) is 0 Å². The minimum atomic E-state index is -4.64. The summed E-state index contributed by atoms with van der Waals surface area (Å²) in [5.41, 5.74) is -2.14. The van der Waals surface area contributed by atoms with Gasteiger partial charge in [-0.3, -0.25) is 14.4 Å². The number of carbonyl (C=O) groups excluding carboxylic acids is 1. The number of aromatic amines is 2. The Morgan fingerprint density at radius 3 is 2.64 bits per heavy atom. The van der Waals surface area contributed by atoms with Crippen molar-refractivity contribution in [3.8, 4) is 0 Å². The Hall–Kier alpha value is -3.43. The van der Waals surface area contributed by atoms with Crippen LogP contribution in [0.3, 0.4) is 0 Å². The van der Waals surface area contributed by atoms with Crippen molar-refractivity contribution in [2.24, 2.45) is 0 Å². The van der Waals surface area contributed by atoms with Crippen LogP contribution in [0.25, 0.3) is 10.9 Å². The SMILES string of the molecule is O=C(CCCc1nc2ccccc2c(=O)[nH]1)Nc1cc(C(F)(F)F)c[nH]c1=O. The van der Waals surface area contributed by atoms with Crippen LogP contribution in [-0.2, 0) is 17.4 Å². The first-order chi connectivity index (χ1) is 13.2. The molecular formula is C18H15F3N4O3. The first-order valence-corrected chi connectivity index (χ1v) is 8.32. The van der Waals surface area contributed by atoms with E-state index in [0.29, 0.717) is 29.0 Å². The van der Waals surface area contributed by atoms with E-state index in [1.807, 2.05) is 4.98 Å². The number of hydrogen-bond acceptors (Lipinski definition) is 4. The molecule has 0 aliphatic rings. The first kappa shape index (κ1) is 19.3. The zero-order valence-electron chi connectivity index (χ0n) is 14.4. The molecule has 0 fully saturated rings. The van der Waals surface area contributed by atoms with Crippen molar-refractivity contribution in [3.63, 3.8) is 0 Å². The lowest BCUT2D eigenvalue weighted by Crippen LogP contribution is -2.21. The maximum atomic E-state index is 12.7. The molecule has 3 aromatic rings. The van der Waals surface area contributed by atoms with Gasteiger partial charge in [-0.2, -0.15) is 13.2 Å². The summed E-state index contributed by atoms with van der Waals surface area (Å²) < 4.78 is 38.1. The highest BCUT2D eigenvalue weighted by Gasteiger charge is 2.31. The molecular weight excluding hydrogens is 377 g/mol. The van der Waals surface area contributed by atoms with Crippen LogP contribution in [0.2, 0.25) is 0 Å². The Morgan fingerprint density at radius 1 is 1.14 bits per heavy atom. The number of nitrogens with zero attached hydrogens (tertiary/aromatic N) is 1. The van der Waals surface area contributed by atoms with Gasteiger partial charge < -0.3 is 15.3 Å². The number of H-pyrrole nitrogens is 2. The largest absolute Gasteiger partial charge is 0.417 e. The van der Waals surface area contributed by atoms with Crippen molar-refractivity contribution in [2.45, 2.75) is 25.4 Å². The standard InChI is InChI=1S/C18H15F3N4O3/c19-18(20,21)10-8-13(17(28)22-9-10)24-15(26)7-3-6-14-23-12-5-2-1-4-11(12)16(27)25-14/h1-2,4-5,8-9H,3,6-7H2,(H,22,28)(H,24,26)(H,23,25,27). The van der Waals surface area contributed by atoms with Crippen LogP contribution in [0.15, 0.2) is 46.1 Å². The maximum absolute atomic E-state index is 12.7. The fourth-order valence-corrected chi connectivity index (χ4v) is 2.62. The summed E-state index contributed by atoms with van der Waals surface area (Å²) in [5.74, 6) is -0.221. The Morgan fingerprint density at radius 2 is 1.89 bits per heavy atom. The minimum absolute atomic E-state index is 0.0633. The number of nitrogens with one attached hydrogen (secondary N) is 3. The van der Waals surface area contributed by atoms with Gasteiger partial charge in [-0.1, -0.05) is 12.1 Å². The molecule has 28 heavy (non-hydrogen) atoms. The molecule has 0 aliphatic heterocycles. The number of benzene rings is 1. The minimum Gasteiger partial charge on any atom is -0.327 e. The summed E-state index contributed by atoms with van der Waals surface area (Å²) >= 11 is 0. The zero-order valence-corrected chi connectivity index (χ0v) is 14.4. The van der Waals surface area contributed by atoms with E-state index in [9.17, 15) is 27.6 Å². The molecule has 0 bridgehead atoms. The second-order valence-electron chi connectivity index (χ2n) is 6.06. The van der Waals surface area contributed by atoms with E-state index < -0.39 is 28.9 Å². The van der Waals surface area contributed by atoms with Gasteiger partial charge in [0.1, 0.15) is 11.5 Å². The Labute approximate surface area is 155 Å². The molecule has 0 aliphatic carbocycles. The molecule has 0 atom stereocenters. The van der Waals surface area contributed by atoms with Crippen molar-refractivity contribution >= 4 is 22.5 Å². The van der Waals surface area contributed by atoms with Gasteiger partial charge in [0.2, 0.25) is 5.91 Å². The second-order valence-corrected chi connectivity index (χ2v) is 6.06. The smallest absolute Gasteiger partial charge is 0.327 e. The number of carbonyl (C=O) groups is 1. The van der Waals surface area contributed by atoms with E-state index in [2.05, 4.69) is 15.3 Å². The third kappa shape index (κ3) is 4.45. The number of alkyl halides is 3. The topological polar surface area (TPSA) is 108 Å². The third-order valence-corrected chi connectivity index (χ3v) is 3.98. The zero-order chi connectivity index (χ0) is 20.3. The van der Waals surface area contributed by atoms with E-state index in [1.165, 1.54) is 0 Å². The molecule has 1 aromatic carbocycles. The molecule has 0 saturated carbocycles. The fourth-order valence-electron chi connectivity index (χ4n) is 2.62. The lowest BCUT2D eigenvalue weighted by molar-refractivity contribution is -0.137. The third-order valence-electron chi connectivity index (χ3n) is 3.98. The van der Waals surface area contributed by atoms with Gasteiger partial charge in [0.05, 0.1) is 16.5 Å². The predicted molar refractivity (Wildman–Crippen MR) is 96.0 cm³/mol. The Bertz CT molecular complexity index is 1140. The van der Waals surface area contributed by atoms with Crippen molar-refractivity contribution in [1.82, 2.24) is 15.0 Å². The molecule has 146 valence electrons. The maximum Gasteiger partial charge on any atom is 0.417 e. The fraction of sp³-hybridized carbons (Fsp3) is 0.222.